The third kappa shape index (κ3) is 3.26. The van der Waals surface area contributed by atoms with Gasteiger partial charge in [-0.05, 0) is 43.9 Å². The molecule has 4 heterocycles. The summed E-state index contributed by atoms with van der Waals surface area (Å²) in [5.41, 5.74) is 7.77. The standard InChI is InChI=1S/C22H24ClN5O3/c1-13-9-18(27-31-13)21(2,29)14-3-4-15-17(10-14)28(12-22(15)5-7-30-8-6-22)19-16(23)11-25-20(24)26-19/h3-4,9-11,29H,5-8,12H2,1-2H3,(H2,24,25,26)/t21-/m1/s1. The number of anilines is 3. The second kappa shape index (κ2) is 7.19. The highest BCUT2D eigenvalue weighted by Gasteiger charge is 2.46. The first-order valence-electron chi connectivity index (χ1n) is 10.2. The number of ether oxygens (including phenoxy) is 1. The normalized spacial score (nSPS) is 19.4. The van der Waals surface area contributed by atoms with E-state index in [1.807, 2.05) is 12.1 Å². The van der Waals surface area contributed by atoms with Crippen LogP contribution in [-0.2, 0) is 15.8 Å². The smallest absolute Gasteiger partial charge is 0.222 e. The van der Waals surface area contributed by atoms with Crippen molar-refractivity contribution in [1.82, 2.24) is 15.1 Å². The zero-order chi connectivity index (χ0) is 21.8. The van der Waals surface area contributed by atoms with Gasteiger partial charge in [-0.25, -0.2) is 4.98 Å². The van der Waals surface area contributed by atoms with Gasteiger partial charge in [0.2, 0.25) is 5.95 Å². The van der Waals surface area contributed by atoms with Gasteiger partial charge in [0.25, 0.3) is 0 Å². The Morgan fingerprint density at radius 2 is 2.03 bits per heavy atom. The summed E-state index contributed by atoms with van der Waals surface area (Å²) in [4.78, 5) is 10.5. The second-order valence-corrected chi connectivity index (χ2v) is 8.91. The number of rotatable bonds is 3. The zero-order valence-electron chi connectivity index (χ0n) is 17.4. The van der Waals surface area contributed by atoms with E-state index in [0.717, 1.165) is 18.5 Å². The summed E-state index contributed by atoms with van der Waals surface area (Å²) < 4.78 is 10.8. The summed E-state index contributed by atoms with van der Waals surface area (Å²) in [5, 5.41) is 15.8. The highest BCUT2D eigenvalue weighted by molar-refractivity contribution is 6.33. The third-order valence-electron chi connectivity index (χ3n) is 6.46. The number of fused-ring (bicyclic) bond motifs is 2. The van der Waals surface area contributed by atoms with Crippen molar-refractivity contribution in [2.45, 2.75) is 37.7 Å². The van der Waals surface area contributed by atoms with Gasteiger partial charge >= 0.3 is 0 Å². The maximum Gasteiger partial charge on any atom is 0.222 e. The number of hydrogen-bond donors (Lipinski definition) is 2. The number of hydrogen-bond acceptors (Lipinski definition) is 8. The molecule has 0 bridgehead atoms. The Hall–Kier alpha value is -2.68. The van der Waals surface area contributed by atoms with E-state index in [1.165, 1.54) is 11.8 Å². The third-order valence-corrected chi connectivity index (χ3v) is 6.73. The molecule has 2 aliphatic rings. The van der Waals surface area contributed by atoms with Crippen LogP contribution in [0.1, 0.15) is 42.3 Å². The summed E-state index contributed by atoms with van der Waals surface area (Å²) in [6.07, 6.45) is 3.31. The number of benzene rings is 1. The second-order valence-electron chi connectivity index (χ2n) is 8.51. The molecule has 0 saturated carbocycles. The molecule has 31 heavy (non-hydrogen) atoms. The molecule has 0 amide bonds. The Labute approximate surface area is 185 Å². The summed E-state index contributed by atoms with van der Waals surface area (Å²) in [6.45, 7) is 5.62. The largest absolute Gasteiger partial charge is 0.381 e. The summed E-state index contributed by atoms with van der Waals surface area (Å²) in [7, 11) is 0. The van der Waals surface area contributed by atoms with Crippen molar-refractivity contribution < 1.29 is 14.4 Å². The topological polar surface area (TPSA) is 111 Å². The van der Waals surface area contributed by atoms with Crippen LogP contribution in [0.4, 0.5) is 17.5 Å². The highest BCUT2D eigenvalue weighted by atomic mass is 35.5. The first-order valence-corrected chi connectivity index (χ1v) is 10.6. The van der Waals surface area contributed by atoms with Gasteiger partial charge < -0.3 is 25.0 Å². The molecular weight excluding hydrogens is 418 g/mol. The van der Waals surface area contributed by atoms with Gasteiger partial charge in [-0.2, -0.15) is 4.98 Å². The number of halogens is 1. The minimum absolute atomic E-state index is 0.0779. The van der Waals surface area contributed by atoms with Crippen molar-refractivity contribution in [3.63, 3.8) is 0 Å². The van der Waals surface area contributed by atoms with Gasteiger partial charge in [-0.3, -0.25) is 0 Å². The maximum absolute atomic E-state index is 11.3. The maximum atomic E-state index is 11.3. The van der Waals surface area contributed by atoms with Crippen molar-refractivity contribution in [2.24, 2.45) is 0 Å². The zero-order valence-corrected chi connectivity index (χ0v) is 18.2. The molecule has 3 aromatic rings. The van der Waals surface area contributed by atoms with E-state index in [0.29, 0.717) is 47.6 Å². The van der Waals surface area contributed by atoms with E-state index in [2.05, 4.69) is 26.1 Å². The van der Waals surface area contributed by atoms with Crippen LogP contribution in [0.2, 0.25) is 5.02 Å². The summed E-state index contributed by atoms with van der Waals surface area (Å²) >= 11 is 6.48. The van der Waals surface area contributed by atoms with Crippen molar-refractivity contribution in [3.05, 3.63) is 58.1 Å². The molecular formula is C22H24ClN5O3. The molecule has 1 atom stereocenters. The molecule has 2 aliphatic heterocycles. The molecule has 0 radical (unpaired) electrons. The average molecular weight is 442 g/mol. The molecule has 0 unspecified atom stereocenters. The van der Waals surface area contributed by atoms with Crippen molar-refractivity contribution >= 4 is 29.1 Å². The van der Waals surface area contributed by atoms with Crippen molar-refractivity contribution in [3.8, 4) is 0 Å². The van der Waals surface area contributed by atoms with E-state index in [4.69, 9.17) is 26.6 Å². The van der Waals surface area contributed by atoms with Gasteiger partial charge in [0.1, 0.15) is 22.1 Å². The summed E-state index contributed by atoms with van der Waals surface area (Å²) in [6, 6.07) is 7.78. The number of aromatic nitrogens is 3. The van der Waals surface area contributed by atoms with Crippen LogP contribution in [0, 0.1) is 6.92 Å². The van der Waals surface area contributed by atoms with Crippen molar-refractivity contribution in [1.29, 1.82) is 0 Å². The average Bonchev–Trinajstić information content (AvgIpc) is 3.33. The van der Waals surface area contributed by atoms with Crippen LogP contribution < -0.4 is 10.6 Å². The van der Waals surface area contributed by atoms with Crippen LogP contribution >= 0.6 is 11.6 Å². The molecule has 5 rings (SSSR count). The highest BCUT2D eigenvalue weighted by Crippen LogP contribution is 2.51. The number of aryl methyl sites for hydroxylation is 1. The Morgan fingerprint density at radius 1 is 1.26 bits per heavy atom. The molecule has 0 aliphatic carbocycles. The molecule has 8 nitrogen and oxygen atoms in total. The molecule has 3 N–H and O–H groups in total. The van der Waals surface area contributed by atoms with E-state index in [-0.39, 0.29) is 11.4 Å². The summed E-state index contributed by atoms with van der Waals surface area (Å²) in [5.74, 6) is 1.37. The van der Waals surface area contributed by atoms with E-state index >= 15 is 0 Å². The Bertz CT molecular complexity index is 1140. The molecule has 1 fully saturated rings. The first kappa shape index (κ1) is 20.2. The lowest BCUT2D eigenvalue weighted by Gasteiger charge is -2.34. The Kier molecular flexibility index (Phi) is 4.69. The van der Waals surface area contributed by atoms with Gasteiger partial charge in [-0.1, -0.05) is 28.9 Å². The van der Waals surface area contributed by atoms with Gasteiger partial charge in [-0.15, -0.1) is 0 Å². The van der Waals surface area contributed by atoms with Crippen molar-refractivity contribution in [2.75, 3.05) is 30.4 Å². The van der Waals surface area contributed by atoms with Gasteiger partial charge in [0.15, 0.2) is 5.82 Å². The predicted molar refractivity (Wildman–Crippen MR) is 117 cm³/mol. The van der Waals surface area contributed by atoms with Gasteiger partial charge in [0, 0.05) is 36.9 Å². The van der Waals surface area contributed by atoms with E-state index in [1.54, 1.807) is 19.9 Å². The molecule has 162 valence electrons. The fourth-order valence-corrected chi connectivity index (χ4v) is 4.86. The molecule has 1 saturated heterocycles. The number of nitrogens with two attached hydrogens (primary N) is 1. The minimum Gasteiger partial charge on any atom is -0.381 e. The SMILES string of the molecule is Cc1cc([C@](C)(O)c2ccc3c(c2)N(c2nc(N)ncc2Cl)CC32CCOCC2)no1. The lowest BCUT2D eigenvalue weighted by Crippen LogP contribution is -2.37. The van der Waals surface area contributed by atoms with Gasteiger partial charge in [0.05, 0.1) is 6.20 Å². The van der Waals surface area contributed by atoms with Crippen LogP contribution in [0.15, 0.2) is 35.0 Å². The van der Waals surface area contributed by atoms with Crippen LogP contribution in [0.5, 0.6) is 0 Å². The molecule has 1 aromatic carbocycles. The number of nitrogens with zero attached hydrogens (tertiary/aromatic N) is 4. The fourth-order valence-electron chi connectivity index (χ4n) is 4.66. The molecule has 2 aromatic heterocycles. The number of aliphatic hydroxyl groups is 1. The van der Waals surface area contributed by atoms with E-state index in [9.17, 15) is 5.11 Å². The molecule has 9 heteroatoms. The Morgan fingerprint density at radius 3 is 2.74 bits per heavy atom. The first-order chi connectivity index (χ1) is 14.8. The van der Waals surface area contributed by atoms with Crippen LogP contribution in [0.3, 0.4) is 0 Å². The minimum atomic E-state index is -1.32. The van der Waals surface area contributed by atoms with Crippen LogP contribution in [-0.4, -0.2) is 40.0 Å². The Balaban J connectivity index is 1.66. The van der Waals surface area contributed by atoms with Crippen LogP contribution in [0.25, 0.3) is 0 Å². The monoisotopic (exact) mass is 441 g/mol. The lowest BCUT2D eigenvalue weighted by atomic mass is 9.75. The van der Waals surface area contributed by atoms with E-state index < -0.39 is 5.60 Å². The number of nitrogen functional groups attached to an aromatic ring is 1. The fraction of sp³-hybridized carbons (Fsp3) is 0.409. The quantitative estimate of drug-likeness (QED) is 0.635. The predicted octanol–water partition coefficient (Wildman–Crippen LogP) is 3.46. The lowest BCUT2D eigenvalue weighted by molar-refractivity contribution is 0.0557. The molecule has 1 spiro atoms.